The fraction of sp³-hybridized carbons (Fsp3) is 0.278. The van der Waals surface area contributed by atoms with Crippen LogP contribution in [0.15, 0.2) is 59.5 Å². The average Bonchev–Trinajstić information content (AvgIpc) is 2.55. The molecule has 2 aromatic rings. The van der Waals surface area contributed by atoms with Crippen molar-refractivity contribution in [3.8, 4) is 0 Å². The largest absolute Gasteiger partial charge is 0.352 e. The van der Waals surface area contributed by atoms with E-state index in [1.807, 2.05) is 13.0 Å². The predicted molar refractivity (Wildman–Crippen MR) is 102 cm³/mol. The molecule has 0 saturated heterocycles. The van der Waals surface area contributed by atoms with Gasteiger partial charge in [0.05, 0.1) is 10.6 Å². The summed E-state index contributed by atoms with van der Waals surface area (Å²) in [5.41, 5.74) is 6.79. The first-order valence-electron chi connectivity index (χ1n) is 7.79. The van der Waals surface area contributed by atoms with Gasteiger partial charge in [-0.1, -0.05) is 30.3 Å². The van der Waals surface area contributed by atoms with E-state index >= 15 is 0 Å². The van der Waals surface area contributed by atoms with E-state index in [9.17, 15) is 13.2 Å². The lowest BCUT2D eigenvalue weighted by molar-refractivity contribution is 0.0952. The van der Waals surface area contributed by atoms with Crippen LogP contribution in [-0.2, 0) is 15.6 Å². The second kappa shape index (κ2) is 9.56. The predicted octanol–water partition coefficient (Wildman–Crippen LogP) is 2.55. The van der Waals surface area contributed by atoms with Crippen molar-refractivity contribution < 1.29 is 13.2 Å². The Morgan fingerprint density at radius 1 is 1.08 bits per heavy atom. The SMILES string of the molecule is CC(N)CCNC(=O)c1ccc(S(=O)(=O)Cc2ccccc2)cc1.Cl. The highest BCUT2D eigenvalue weighted by Gasteiger charge is 2.16. The molecule has 0 radical (unpaired) electrons. The molecule has 3 N–H and O–H groups in total. The molecular formula is C18H23ClN2O3S. The third-order valence-corrected chi connectivity index (χ3v) is 5.26. The van der Waals surface area contributed by atoms with E-state index in [1.165, 1.54) is 24.3 Å². The van der Waals surface area contributed by atoms with E-state index in [0.717, 1.165) is 5.56 Å². The maximum atomic E-state index is 12.4. The van der Waals surface area contributed by atoms with Gasteiger partial charge >= 0.3 is 0 Å². The molecule has 7 heteroatoms. The summed E-state index contributed by atoms with van der Waals surface area (Å²) in [5, 5.41) is 2.76. The van der Waals surface area contributed by atoms with Crippen LogP contribution in [0.25, 0.3) is 0 Å². The van der Waals surface area contributed by atoms with Crippen LogP contribution in [0, 0.1) is 0 Å². The van der Waals surface area contributed by atoms with E-state index in [4.69, 9.17) is 5.73 Å². The zero-order valence-electron chi connectivity index (χ0n) is 14.0. The molecule has 0 aliphatic heterocycles. The van der Waals surface area contributed by atoms with Crippen molar-refractivity contribution in [3.63, 3.8) is 0 Å². The summed E-state index contributed by atoms with van der Waals surface area (Å²) in [4.78, 5) is 12.2. The number of nitrogens with two attached hydrogens (primary N) is 1. The summed E-state index contributed by atoms with van der Waals surface area (Å²) in [5.74, 6) is -0.295. The average molecular weight is 383 g/mol. The van der Waals surface area contributed by atoms with Crippen molar-refractivity contribution in [2.75, 3.05) is 6.54 Å². The number of hydrogen-bond donors (Lipinski definition) is 2. The van der Waals surface area contributed by atoms with E-state index in [0.29, 0.717) is 18.5 Å². The number of rotatable bonds is 7. The Labute approximate surface area is 155 Å². The van der Waals surface area contributed by atoms with Crippen LogP contribution in [-0.4, -0.2) is 26.9 Å². The van der Waals surface area contributed by atoms with Gasteiger partial charge in [0.1, 0.15) is 0 Å². The molecule has 1 amide bonds. The van der Waals surface area contributed by atoms with Gasteiger partial charge in [0.25, 0.3) is 5.91 Å². The molecule has 1 unspecified atom stereocenters. The van der Waals surface area contributed by atoms with Crippen molar-refractivity contribution in [2.45, 2.75) is 30.0 Å². The lowest BCUT2D eigenvalue weighted by Gasteiger charge is -2.08. The lowest BCUT2D eigenvalue weighted by Crippen LogP contribution is -2.28. The molecule has 1 atom stereocenters. The normalized spacial score (nSPS) is 12.1. The van der Waals surface area contributed by atoms with Gasteiger partial charge in [0.15, 0.2) is 9.84 Å². The standard InChI is InChI=1S/C18H22N2O3S.ClH/c1-14(19)11-12-20-18(21)16-7-9-17(10-8-16)24(22,23)13-15-5-3-2-4-6-15;/h2-10,14H,11-13,19H2,1H3,(H,20,21);1H. The van der Waals surface area contributed by atoms with E-state index in [-0.39, 0.29) is 35.0 Å². The molecule has 0 fully saturated rings. The highest BCUT2D eigenvalue weighted by molar-refractivity contribution is 7.90. The molecule has 0 aliphatic rings. The molecule has 2 rings (SSSR count). The van der Waals surface area contributed by atoms with E-state index < -0.39 is 9.84 Å². The topological polar surface area (TPSA) is 89.3 Å². The Balaban J connectivity index is 0.00000312. The monoisotopic (exact) mass is 382 g/mol. The minimum atomic E-state index is -3.43. The minimum Gasteiger partial charge on any atom is -0.352 e. The zero-order valence-corrected chi connectivity index (χ0v) is 15.6. The van der Waals surface area contributed by atoms with Crippen molar-refractivity contribution in [1.29, 1.82) is 0 Å². The summed E-state index contributed by atoms with van der Waals surface area (Å²) in [6, 6.07) is 15.0. The van der Waals surface area contributed by atoms with Crippen molar-refractivity contribution in [2.24, 2.45) is 5.73 Å². The lowest BCUT2D eigenvalue weighted by atomic mass is 10.2. The van der Waals surface area contributed by atoms with Crippen LogP contribution < -0.4 is 11.1 Å². The van der Waals surface area contributed by atoms with Crippen LogP contribution in [0.2, 0.25) is 0 Å². The van der Waals surface area contributed by atoms with Crippen LogP contribution in [0.4, 0.5) is 0 Å². The maximum absolute atomic E-state index is 12.4. The summed E-state index contributed by atoms with van der Waals surface area (Å²) < 4.78 is 24.8. The fourth-order valence-electron chi connectivity index (χ4n) is 2.21. The first kappa shape index (κ1) is 21.2. The van der Waals surface area contributed by atoms with Crippen LogP contribution in [0.1, 0.15) is 29.3 Å². The molecule has 25 heavy (non-hydrogen) atoms. The molecule has 0 spiro atoms. The summed E-state index contributed by atoms with van der Waals surface area (Å²) in [6.45, 7) is 2.36. The van der Waals surface area contributed by atoms with Crippen molar-refractivity contribution in [1.82, 2.24) is 5.32 Å². The molecule has 2 aromatic carbocycles. The van der Waals surface area contributed by atoms with Crippen LogP contribution >= 0.6 is 12.4 Å². The van der Waals surface area contributed by atoms with Gasteiger partial charge in [0.2, 0.25) is 0 Å². The van der Waals surface area contributed by atoms with Gasteiger partial charge in [-0.15, -0.1) is 12.4 Å². The highest BCUT2D eigenvalue weighted by atomic mass is 35.5. The quantitative estimate of drug-likeness (QED) is 0.770. The minimum absolute atomic E-state index is 0. The number of carbonyl (C=O) groups excluding carboxylic acids is 1. The molecule has 5 nitrogen and oxygen atoms in total. The number of nitrogens with one attached hydrogen (secondary N) is 1. The number of sulfone groups is 1. The van der Waals surface area contributed by atoms with E-state index in [1.54, 1.807) is 24.3 Å². The Morgan fingerprint density at radius 2 is 1.68 bits per heavy atom. The second-order valence-electron chi connectivity index (χ2n) is 5.79. The molecule has 0 bridgehead atoms. The summed E-state index contributed by atoms with van der Waals surface area (Å²) >= 11 is 0. The molecule has 0 heterocycles. The third-order valence-electron chi connectivity index (χ3n) is 3.56. The van der Waals surface area contributed by atoms with Crippen LogP contribution in [0.3, 0.4) is 0 Å². The Bertz CT molecular complexity index is 776. The second-order valence-corrected chi connectivity index (χ2v) is 7.78. The van der Waals surface area contributed by atoms with E-state index in [2.05, 4.69) is 5.32 Å². The van der Waals surface area contributed by atoms with Gasteiger partial charge in [-0.25, -0.2) is 8.42 Å². The molecule has 136 valence electrons. The smallest absolute Gasteiger partial charge is 0.251 e. The van der Waals surface area contributed by atoms with Crippen molar-refractivity contribution >= 4 is 28.2 Å². The first-order chi connectivity index (χ1) is 11.4. The number of halogens is 1. The molecular weight excluding hydrogens is 360 g/mol. The number of carbonyl (C=O) groups is 1. The summed E-state index contributed by atoms with van der Waals surface area (Å²) in [6.07, 6.45) is 0.690. The summed E-state index contributed by atoms with van der Waals surface area (Å²) in [7, 11) is -3.43. The third kappa shape index (κ3) is 6.49. The van der Waals surface area contributed by atoms with Gasteiger partial charge in [-0.05, 0) is 43.2 Å². The molecule has 0 aliphatic carbocycles. The first-order valence-corrected chi connectivity index (χ1v) is 9.44. The number of benzene rings is 2. The van der Waals surface area contributed by atoms with Gasteiger partial charge in [0, 0.05) is 18.2 Å². The zero-order chi connectivity index (χ0) is 17.6. The molecule has 0 saturated carbocycles. The Hall–Kier alpha value is -1.89. The Morgan fingerprint density at radius 3 is 2.24 bits per heavy atom. The van der Waals surface area contributed by atoms with Gasteiger partial charge < -0.3 is 11.1 Å². The maximum Gasteiger partial charge on any atom is 0.251 e. The fourth-order valence-corrected chi connectivity index (χ4v) is 3.55. The van der Waals surface area contributed by atoms with Gasteiger partial charge in [-0.2, -0.15) is 0 Å². The number of amides is 1. The van der Waals surface area contributed by atoms with Gasteiger partial charge in [-0.3, -0.25) is 4.79 Å². The Kier molecular flexibility index (Phi) is 8.09. The number of hydrogen-bond acceptors (Lipinski definition) is 4. The van der Waals surface area contributed by atoms with Crippen LogP contribution in [0.5, 0.6) is 0 Å². The van der Waals surface area contributed by atoms with Crippen molar-refractivity contribution in [3.05, 3.63) is 65.7 Å². The highest BCUT2D eigenvalue weighted by Crippen LogP contribution is 2.17. The molecule has 0 aromatic heterocycles.